The third kappa shape index (κ3) is 5.97. The summed E-state index contributed by atoms with van der Waals surface area (Å²) in [4.78, 5) is 11.8. The maximum absolute atomic E-state index is 5.49. The highest BCUT2D eigenvalue weighted by Crippen LogP contribution is 2.44. The molecule has 0 atom stereocenters. The summed E-state index contributed by atoms with van der Waals surface area (Å²) in [6.45, 7) is 0. The van der Waals surface area contributed by atoms with Crippen molar-refractivity contribution >= 4 is 53.2 Å². The predicted molar refractivity (Wildman–Crippen MR) is 243 cm³/mol. The Morgan fingerprint density at radius 2 is 0.789 bits per heavy atom. The number of nitrogens with zero attached hydrogens (tertiary/aromatic N) is 2. The normalized spacial score (nSPS) is 11.5. The maximum Gasteiger partial charge on any atom is 0.162 e. The molecule has 2 aromatic heterocycles. The molecule has 3 heteroatoms. The van der Waals surface area contributed by atoms with Crippen LogP contribution in [0.4, 0.5) is 0 Å². The van der Waals surface area contributed by atoms with Gasteiger partial charge in [0, 0.05) is 26.6 Å². The summed E-state index contributed by atoms with van der Waals surface area (Å²) in [6.07, 6.45) is 0. The van der Waals surface area contributed by atoms with Crippen molar-refractivity contribution < 1.29 is 0 Å². The minimum absolute atomic E-state index is 0.741. The van der Waals surface area contributed by atoms with E-state index in [2.05, 4.69) is 206 Å². The molecular weight excluding hydrogens is 709 g/mol. The van der Waals surface area contributed by atoms with E-state index in [9.17, 15) is 0 Å². The highest BCUT2D eigenvalue weighted by Gasteiger charge is 2.20. The Morgan fingerprint density at radius 1 is 0.316 bits per heavy atom. The summed E-state index contributed by atoms with van der Waals surface area (Å²) < 4.78 is 1.21. The second kappa shape index (κ2) is 13.8. The quantitative estimate of drug-likeness (QED) is 0.170. The second-order valence-electron chi connectivity index (χ2n) is 14.6. The fraction of sp³-hybridized carbons (Fsp3) is 0. The number of hydrogen-bond acceptors (Lipinski definition) is 3. The van der Waals surface area contributed by atoms with Gasteiger partial charge in [0.2, 0.25) is 0 Å². The van der Waals surface area contributed by atoms with E-state index in [0.717, 1.165) is 49.4 Å². The average molecular weight is 743 g/mol. The van der Waals surface area contributed by atoms with E-state index < -0.39 is 0 Å². The molecule has 0 aliphatic carbocycles. The highest BCUT2D eigenvalue weighted by atomic mass is 32.1. The van der Waals surface area contributed by atoms with E-state index in [1.54, 1.807) is 11.3 Å². The van der Waals surface area contributed by atoms with Gasteiger partial charge in [-0.2, -0.15) is 0 Å². The third-order valence-corrected chi connectivity index (χ3v) is 12.1. The molecule has 11 aromatic rings. The van der Waals surface area contributed by atoms with Crippen LogP contribution >= 0.6 is 11.3 Å². The van der Waals surface area contributed by atoms with Gasteiger partial charge in [-0.3, -0.25) is 0 Å². The first-order chi connectivity index (χ1) is 28.2. The molecule has 0 N–H and O–H groups in total. The number of fused-ring (bicyclic) bond motifs is 6. The topological polar surface area (TPSA) is 25.8 Å². The zero-order valence-corrected chi connectivity index (χ0v) is 31.7. The van der Waals surface area contributed by atoms with Crippen LogP contribution in [-0.2, 0) is 0 Å². The number of aromatic nitrogens is 2. The lowest BCUT2D eigenvalue weighted by molar-refractivity contribution is 1.25. The fourth-order valence-corrected chi connectivity index (χ4v) is 9.39. The van der Waals surface area contributed by atoms with Gasteiger partial charge in [-0.05, 0) is 102 Å². The highest BCUT2D eigenvalue weighted by molar-refractivity contribution is 7.25. The van der Waals surface area contributed by atoms with Crippen molar-refractivity contribution in [1.82, 2.24) is 9.97 Å². The van der Waals surface area contributed by atoms with Crippen molar-refractivity contribution in [3.63, 3.8) is 0 Å². The van der Waals surface area contributed by atoms with E-state index in [1.807, 2.05) is 0 Å². The zero-order chi connectivity index (χ0) is 37.7. The van der Waals surface area contributed by atoms with Gasteiger partial charge in [0.15, 0.2) is 5.82 Å². The SMILES string of the molecule is c1ccc(-c2cc(-c3ccccc3)cc(-c3cccc(-c4cccc(-c5nc(-c6cccc7ccccc67)nc6sc7ccc8ccccc8c7c56)c4)c3)c2)cc1. The largest absolute Gasteiger partial charge is 0.227 e. The van der Waals surface area contributed by atoms with E-state index in [-0.39, 0.29) is 0 Å². The summed E-state index contributed by atoms with van der Waals surface area (Å²) in [5.41, 5.74) is 12.5. The second-order valence-corrected chi connectivity index (χ2v) is 15.6. The fourth-order valence-electron chi connectivity index (χ4n) is 8.30. The molecule has 0 bridgehead atoms. The molecule has 0 saturated carbocycles. The van der Waals surface area contributed by atoms with E-state index in [1.165, 1.54) is 59.6 Å². The first-order valence-corrected chi connectivity index (χ1v) is 20.1. The van der Waals surface area contributed by atoms with Gasteiger partial charge in [0.1, 0.15) is 4.83 Å². The van der Waals surface area contributed by atoms with Crippen LogP contribution in [0.3, 0.4) is 0 Å². The van der Waals surface area contributed by atoms with Crippen molar-refractivity contribution in [2.75, 3.05) is 0 Å². The monoisotopic (exact) mass is 742 g/mol. The molecular formula is C54H34N2S. The van der Waals surface area contributed by atoms with E-state index in [4.69, 9.17) is 9.97 Å². The van der Waals surface area contributed by atoms with Crippen LogP contribution < -0.4 is 0 Å². The summed E-state index contributed by atoms with van der Waals surface area (Å²) in [5, 5.41) is 7.08. The molecule has 0 fully saturated rings. The van der Waals surface area contributed by atoms with Crippen LogP contribution in [0.2, 0.25) is 0 Å². The van der Waals surface area contributed by atoms with Crippen LogP contribution in [0.5, 0.6) is 0 Å². The van der Waals surface area contributed by atoms with Crippen LogP contribution in [0.1, 0.15) is 0 Å². The Morgan fingerprint density at radius 3 is 1.47 bits per heavy atom. The van der Waals surface area contributed by atoms with Gasteiger partial charge in [-0.1, -0.05) is 170 Å². The molecule has 0 unspecified atom stereocenters. The molecule has 2 nitrogen and oxygen atoms in total. The lowest BCUT2D eigenvalue weighted by atomic mass is 9.92. The van der Waals surface area contributed by atoms with Crippen molar-refractivity contribution in [2.45, 2.75) is 0 Å². The average Bonchev–Trinajstić information content (AvgIpc) is 3.68. The minimum atomic E-state index is 0.741. The summed E-state index contributed by atoms with van der Waals surface area (Å²) in [7, 11) is 0. The van der Waals surface area contributed by atoms with Gasteiger partial charge < -0.3 is 0 Å². The van der Waals surface area contributed by atoms with E-state index >= 15 is 0 Å². The molecule has 0 aliphatic heterocycles. The molecule has 0 radical (unpaired) electrons. The van der Waals surface area contributed by atoms with Crippen molar-refractivity contribution in [3.8, 4) is 67.2 Å². The Bertz CT molecular complexity index is 3230. The molecule has 0 amide bonds. The van der Waals surface area contributed by atoms with Crippen LogP contribution in [0.25, 0.3) is 109 Å². The van der Waals surface area contributed by atoms with Crippen molar-refractivity contribution in [1.29, 1.82) is 0 Å². The lowest BCUT2D eigenvalue weighted by Crippen LogP contribution is -1.95. The van der Waals surface area contributed by atoms with Crippen molar-refractivity contribution in [3.05, 3.63) is 206 Å². The summed E-state index contributed by atoms with van der Waals surface area (Å²) in [6, 6.07) is 74.1. The van der Waals surface area contributed by atoms with Gasteiger partial charge in [0.25, 0.3) is 0 Å². The molecule has 0 saturated heterocycles. The zero-order valence-electron chi connectivity index (χ0n) is 30.9. The predicted octanol–water partition coefficient (Wildman–Crippen LogP) is 15.2. The first-order valence-electron chi connectivity index (χ1n) is 19.3. The molecule has 266 valence electrons. The lowest BCUT2D eigenvalue weighted by Gasteiger charge is -2.13. The van der Waals surface area contributed by atoms with Crippen LogP contribution in [0, 0.1) is 0 Å². The van der Waals surface area contributed by atoms with Gasteiger partial charge in [-0.25, -0.2) is 9.97 Å². The Kier molecular flexibility index (Phi) is 8.04. The van der Waals surface area contributed by atoms with Gasteiger partial charge in [0.05, 0.1) is 5.69 Å². The number of hydrogen-bond donors (Lipinski definition) is 0. The van der Waals surface area contributed by atoms with Gasteiger partial charge >= 0.3 is 0 Å². The molecule has 9 aromatic carbocycles. The molecule has 0 aliphatic rings. The van der Waals surface area contributed by atoms with Crippen LogP contribution in [-0.4, -0.2) is 9.97 Å². The molecule has 11 rings (SSSR count). The standard InChI is InChI=1S/C54H34N2S/c1-3-14-35(15-4-1)43-32-44(36-16-5-2-6-17-36)34-45(33-43)41-23-11-21-39(30-41)40-22-12-24-42(31-40)52-51-50-47-26-10-8-19-38(47)28-29-49(50)57-54(51)56-53(55-52)48-27-13-20-37-18-7-9-25-46(37)48/h1-34H. The van der Waals surface area contributed by atoms with Gasteiger partial charge in [-0.15, -0.1) is 11.3 Å². The molecule has 2 heterocycles. The molecule has 0 spiro atoms. The number of thiophene rings is 1. The summed E-state index contributed by atoms with van der Waals surface area (Å²) in [5.74, 6) is 0.741. The minimum Gasteiger partial charge on any atom is -0.227 e. The van der Waals surface area contributed by atoms with Crippen molar-refractivity contribution in [2.24, 2.45) is 0 Å². The number of rotatable bonds is 6. The van der Waals surface area contributed by atoms with Crippen LogP contribution in [0.15, 0.2) is 206 Å². The first kappa shape index (κ1) is 33.2. The Labute approximate surface area is 335 Å². The molecule has 57 heavy (non-hydrogen) atoms. The maximum atomic E-state index is 5.49. The Balaban J connectivity index is 1.09. The Hall–Kier alpha value is -7.20. The van der Waals surface area contributed by atoms with E-state index in [0.29, 0.717) is 0 Å². The smallest absolute Gasteiger partial charge is 0.162 e. The third-order valence-electron chi connectivity index (χ3n) is 11.1. The summed E-state index contributed by atoms with van der Waals surface area (Å²) >= 11 is 1.75. The number of benzene rings is 9.